The molecule has 0 unspecified atom stereocenters. The first-order chi connectivity index (χ1) is 20.5. The van der Waals surface area contributed by atoms with Gasteiger partial charge in [-0.2, -0.15) is 0 Å². The van der Waals surface area contributed by atoms with Gasteiger partial charge in [0.05, 0.1) is 24.8 Å². The van der Waals surface area contributed by atoms with Crippen molar-refractivity contribution in [2.75, 3.05) is 20.2 Å². The average Bonchev–Trinajstić information content (AvgIpc) is 3.30. The molecule has 2 aliphatic heterocycles. The Labute approximate surface area is 262 Å². The molecule has 2 aliphatic rings. The highest BCUT2D eigenvalue weighted by Gasteiger charge is 2.52. The van der Waals surface area contributed by atoms with Gasteiger partial charge in [-0.1, -0.05) is 47.5 Å². The largest absolute Gasteiger partial charge is 0.497 e. The number of amides is 3. The fourth-order valence-electron chi connectivity index (χ4n) is 5.90. The third kappa shape index (κ3) is 6.17. The molecule has 43 heavy (non-hydrogen) atoms. The van der Waals surface area contributed by atoms with E-state index in [1.165, 1.54) is 0 Å². The Kier molecular flexibility index (Phi) is 8.90. The summed E-state index contributed by atoms with van der Waals surface area (Å²) < 4.78 is 11.8. The molecule has 0 saturated carbocycles. The van der Waals surface area contributed by atoms with E-state index in [9.17, 15) is 9.59 Å². The molecule has 3 aromatic carbocycles. The van der Waals surface area contributed by atoms with Crippen molar-refractivity contribution in [2.45, 2.75) is 51.3 Å². The number of carbonyl (C=O) groups excluding carboxylic acids is 2. The zero-order valence-electron chi connectivity index (χ0n) is 24.7. The summed E-state index contributed by atoms with van der Waals surface area (Å²) >= 11 is 12.6. The molecular formula is C33H36Cl2N4O4. The number of aliphatic imine (C=N–C) groups is 1. The molecule has 10 heteroatoms. The lowest BCUT2D eigenvalue weighted by Crippen LogP contribution is -2.51. The number of urea groups is 1. The lowest BCUT2D eigenvalue weighted by molar-refractivity contribution is -0.123. The lowest BCUT2D eigenvalue weighted by Gasteiger charge is -2.39. The summed E-state index contributed by atoms with van der Waals surface area (Å²) in [6.07, 6.45) is 0.872. The molecule has 226 valence electrons. The number of benzene rings is 3. The van der Waals surface area contributed by atoms with E-state index in [1.54, 1.807) is 16.9 Å². The maximum Gasteiger partial charge on any atom is 0.326 e. The zero-order valence-corrected chi connectivity index (χ0v) is 26.2. The molecule has 2 N–H and O–H groups in total. The fourth-order valence-corrected chi connectivity index (χ4v) is 6.15. The van der Waals surface area contributed by atoms with Crippen molar-refractivity contribution >= 4 is 41.0 Å². The number of amidine groups is 1. The number of ether oxygens (including phenoxy) is 2. The first-order valence-electron chi connectivity index (χ1n) is 14.4. The van der Waals surface area contributed by atoms with Crippen LogP contribution in [0.4, 0.5) is 4.79 Å². The van der Waals surface area contributed by atoms with E-state index in [0.717, 1.165) is 11.1 Å². The van der Waals surface area contributed by atoms with Crippen molar-refractivity contribution in [3.8, 4) is 11.5 Å². The summed E-state index contributed by atoms with van der Waals surface area (Å²) in [5, 5.41) is 1.19. The molecule has 5 rings (SSSR count). The van der Waals surface area contributed by atoms with Gasteiger partial charge in [-0.3, -0.25) is 14.7 Å². The summed E-state index contributed by atoms with van der Waals surface area (Å²) in [6, 6.07) is 19.8. The van der Waals surface area contributed by atoms with Gasteiger partial charge in [-0.25, -0.2) is 4.79 Å². The summed E-state index contributed by atoms with van der Waals surface area (Å²) in [5.41, 5.74) is 7.09. The Morgan fingerprint density at radius 2 is 1.58 bits per heavy atom. The monoisotopic (exact) mass is 622 g/mol. The van der Waals surface area contributed by atoms with Crippen molar-refractivity contribution in [1.29, 1.82) is 0 Å². The first-order valence-corrected chi connectivity index (χ1v) is 15.1. The molecular weight excluding hydrogens is 587 g/mol. The minimum atomic E-state index is -0.913. The maximum absolute atomic E-state index is 14.7. The van der Waals surface area contributed by atoms with Crippen molar-refractivity contribution in [3.05, 3.63) is 93.5 Å². The van der Waals surface area contributed by atoms with Crippen molar-refractivity contribution < 1.29 is 19.1 Å². The van der Waals surface area contributed by atoms with Gasteiger partial charge in [0.2, 0.25) is 5.91 Å². The smallest absolute Gasteiger partial charge is 0.326 e. The summed E-state index contributed by atoms with van der Waals surface area (Å²) in [4.78, 5) is 35.5. The molecule has 3 amide bonds. The highest BCUT2D eigenvalue weighted by Crippen LogP contribution is 2.50. The Hall–Kier alpha value is -3.75. The second-order valence-electron chi connectivity index (χ2n) is 11.4. The first kappa shape index (κ1) is 30.7. The van der Waals surface area contributed by atoms with Gasteiger partial charge in [0, 0.05) is 35.1 Å². The molecule has 0 aromatic heterocycles. The van der Waals surface area contributed by atoms with Crippen molar-refractivity contribution in [2.24, 2.45) is 16.6 Å². The summed E-state index contributed by atoms with van der Waals surface area (Å²) in [5.74, 6) is 1.05. The Morgan fingerprint density at radius 1 is 0.977 bits per heavy atom. The summed E-state index contributed by atoms with van der Waals surface area (Å²) in [6.45, 7) is 6.71. The van der Waals surface area contributed by atoms with E-state index >= 15 is 0 Å². The SMILES string of the molecule is COc1ccc(C2=N[C@@](C)(c3ccc(Cl)cc3)[C@H](c3ccc(Cl)cc3)N2C(=O)N2CCC(C(N)=O)CC2)c(OC(C)C)c1. The zero-order chi connectivity index (χ0) is 30.9. The standard InChI is InChI=1S/C33H36Cl2N4O4/c1-20(2)43-28-19-26(42-4)13-14-27(28)31-37-33(3,23-7-11-25(35)12-8-23)29(21-5-9-24(34)10-6-21)39(31)32(41)38-17-15-22(16-18-38)30(36)40/h5-14,19-20,22,29H,15-18H2,1-4H3,(H2,36,40)/t29-,33-/m0/s1. The van der Waals surface area contributed by atoms with Crippen LogP contribution in [0.3, 0.4) is 0 Å². The van der Waals surface area contributed by atoms with Gasteiger partial charge >= 0.3 is 6.03 Å². The third-order valence-corrected chi connectivity index (χ3v) is 8.64. The van der Waals surface area contributed by atoms with E-state index in [0.29, 0.717) is 58.9 Å². The topological polar surface area (TPSA) is 97.5 Å². The predicted octanol–water partition coefficient (Wildman–Crippen LogP) is 6.83. The van der Waals surface area contributed by atoms with E-state index in [4.69, 9.17) is 43.4 Å². The normalized spacial score (nSPS) is 20.7. The van der Waals surface area contributed by atoms with Crippen LogP contribution in [0.25, 0.3) is 0 Å². The number of hydrogen-bond donors (Lipinski definition) is 1. The molecule has 2 heterocycles. The number of carbonyl (C=O) groups is 2. The van der Waals surface area contributed by atoms with E-state index in [2.05, 4.69) is 0 Å². The molecule has 1 saturated heterocycles. The predicted molar refractivity (Wildman–Crippen MR) is 169 cm³/mol. The van der Waals surface area contributed by atoms with Crippen LogP contribution in [0.5, 0.6) is 11.5 Å². The number of piperidine rings is 1. The third-order valence-electron chi connectivity index (χ3n) is 8.14. The molecule has 0 spiro atoms. The van der Waals surface area contributed by atoms with Crippen LogP contribution >= 0.6 is 23.2 Å². The van der Waals surface area contributed by atoms with Crippen molar-refractivity contribution in [1.82, 2.24) is 9.80 Å². The van der Waals surface area contributed by atoms with Crippen LogP contribution in [0.15, 0.2) is 71.7 Å². The number of nitrogens with two attached hydrogens (primary N) is 1. The fraction of sp³-hybridized carbons (Fsp3) is 0.364. The minimum absolute atomic E-state index is 0.139. The number of hydrogen-bond acceptors (Lipinski definition) is 5. The number of primary amides is 1. The van der Waals surface area contributed by atoms with Gasteiger partial charge in [0.15, 0.2) is 0 Å². The number of nitrogens with zero attached hydrogens (tertiary/aromatic N) is 3. The van der Waals surface area contributed by atoms with Gasteiger partial charge in [-0.05, 0) is 81.1 Å². The second kappa shape index (κ2) is 12.5. The number of methoxy groups -OCH3 is 1. The quantitative estimate of drug-likeness (QED) is 0.312. The van der Waals surface area contributed by atoms with Crippen LogP contribution in [0.2, 0.25) is 10.0 Å². The highest BCUT2D eigenvalue weighted by atomic mass is 35.5. The van der Waals surface area contributed by atoms with Gasteiger partial charge in [-0.15, -0.1) is 0 Å². The van der Waals surface area contributed by atoms with Crippen molar-refractivity contribution in [3.63, 3.8) is 0 Å². The van der Waals surface area contributed by atoms with Crippen LogP contribution < -0.4 is 15.2 Å². The van der Waals surface area contributed by atoms with E-state index in [1.807, 2.05) is 87.5 Å². The molecule has 2 atom stereocenters. The molecule has 0 bridgehead atoms. The molecule has 3 aromatic rings. The second-order valence-corrected chi connectivity index (χ2v) is 12.3. The number of rotatable bonds is 7. The number of likely N-dealkylation sites (tertiary alicyclic amines) is 1. The Morgan fingerprint density at radius 3 is 2.14 bits per heavy atom. The number of halogens is 2. The molecule has 8 nitrogen and oxygen atoms in total. The average molecular weight is 624 g/mol. The Balaban J connectivity index is 1.71. The Bertz CT molecular complexity index is 1520. The van der Waals surface area contributed by atoms with Crippen LogP contribution in [-0.4, -0.2) is 53.9 Å². The van der Waals surface area contributed by atoms with Crippen LogP contribution in [-0.2, 0) is 10.3 Å². The van der Waals surface area contributed by atoms with E-state index in [-0.39, 0.29) is 24.0 Å². The maximum atomic E-state index is 14.7. The summed E-state index contributed by atoms with van der Waals surface area (Å²) in [7, 11) is 1.60. The van der Waals surface area contributed by atoms with Gasteiger partial charge in [0.25, 0.3) is 0 Å². The van der Waals surface area contributed by atoms with Gasteiger partial charge < -0.3 is 20.1 Å². The molecule has 1 fully saturated rings. The lowest BCUT2D eigenvalue weighted by atomic mass is 9.81. The molecule has 0 aliphatic carbocycles. The van der Waals surface area contributed by atoms with E-state index < -0.39 is 11.6 Å². The van der Waals surface area contributed by atoms with Crippen LogP contribution in [0, 0.1) is 5.92 Å². The van der Waals surface area contributed by atoms with Crippen LogP contribution in [0.1, 0.15) is 56.3 Å². The minimum Gasteiger partial charge on any atom is -0.497 e. The van der Waals surface area contributed by atoms with Gasteiger partial charge in [0.1, 0.15) is 22.9 Å². The highest BCUT2D eigenvalue weighted by molar-refractivity contribution is 6.30. The molecule has 0 radical (unpaired) electrons.